The van der Waals surface area contributed by atoms with E-state index >= 15 is 0 Å². The molecule has 0 heterocycles. The molecule has 0 aliphatic heterocycles. The van der Waals surface area contributed by atoms with E-state index in [1.54, 1.807) is 18.2 Å². The molecule has 1 unspecified atom stereocenters. The van der Waals surface area contributed by atoms with Crippen molar-refractivity contribution in [2.24, 2.45) is 0 Å². The molecule has 4 nitrogen and oxygen atoms in total. The van der Waals surface area contributed by atoms with Gasteiger partial charge in [0.1, 0.15) is 0 Å². The van der Waals surface area contributed by atoms with Crippen LogP contribution in [0.4, 0.5) is 0 Å². The van der Waals surface area contributed by atoms with E-state index in [-0.39, 0.29) is 11.8 Å². The van der Waals surface area contributed by atoms with Crippen molar-refractivity contribution in [2.45, 2.75) is 5.60 Å². The standard InChI is InChI=1S/C9H8O4/c10-6-9(13,8(11)12)7-4-2-1-3-5-7/h1-6,13H,(H,11,12). The van der Waals surface area contributed by atoms with Gasteiger partial charge in [0.05, 0.1) is 0 Å². The molecule has 0 aromatic heterocycles. The molecule has 1 aromatic rings. The van der Waals surface area contributed by atoms with Crippen molar-refractivity contribution in [3.8, 4) is 0 Å². The van der Waals surface area contributed by atoms with Crippen LogP contribution in [0.5, 0.6) is 0 Å². The van der Waals surface area contributed by atoms with Crippen LogP contribution in [0.3, 0.4) is 0 Å². The Morgan fingerprint density at radius 1 is 1.31 bits per heavy atom. The number of aldehydes is 1. The van der Waals surface area contributed by atoms with Crippen molar-refractivity contribution in [3.05, 3.63) is 35.9 Å². The molecule has 1 atom stereocenters. The summed E-state index contributed by atoms with van der Waals surface area (Å²) in [5.74, 6) is -1.58. The number of carbonyl (C=O) groups is 2. The molecule has 0 bridgehead atoms. The Morgan fingerprint density at radius 2 is 1.85 bits per heavy atom. The molecule has 0 aliphatic rings. The summed E-state index contributed by atoms with van der Waals surface area (Å²) in [5.41, 5.74) is -2.38. The molecule has 2 N–H and O–H groups in total. The van der Waals surface area contributed by atoms with Gasteiger partial charge in [0, 0.05) is 5.56 Å². The Hall–Kier alpha value is -1.68. The van der Waals surface area contributed by atoms with Gasteiger partial charge >= 0.3 is 5.97 Å². The largest absolute Gasteiger partial charge is 0.479 e. The zero-order chi connectivity index (χ0) is 9.90. The van der Waals surface area contributed by atoms with Crippen molar-refractivity contribution < 1.29 is 19.8 Å². The van der Waals surface area contributed by atoms with Crippen LogP contribution in [0, 0.1) is 0 Å². The molecule has 4 heteroatoms. The third kappa shape index (κ3) is 1.57. The van der Waals surface area contributed by atoms with Crippen molar-refractivity contribution in [3.63, 3.8) is 0 Å². The minimum absolute atomic E-state index is 0.00463. The van der Waals surface area contributed by atoms with Gasteiger partial charge in [-0.25, -0.2) is 4.79 Å². The summed E-state index contributed by atoms with van der Waals surface area (Å²) in [6.45, 7) is 0. The van der Waals surface area contributed by atoms with Crippen molar-refractivity contribution in [1.82, 2.24) is 0 Å². The fourth-order valence-corrected chi connectivity index (χ4v) is 0.934. The van der Waals surface area contributed by atoms with Crippen molar-refractivity contribution >= 4 is 12.3 Å². The number of hydrogen-bond acceptors (Lipinski definition) is 3. The van der Waals surface area contributed by atoms with E-state index in [0.29, 0.717) is 0 Å². The van der Waals surface area contributed by atoms with E-state index < -0.39 is 11.6 Å². The van der Waals surface area contributed by atoms with E-state index in [9.17, 15) is 14.7 Å². The molecule has 0 saturated carbocycles. The summed E-state index contributed by atoms with van der Waals surface area (Å²) in [7, 11) is 0. The number of carboxylic acids is 1. The maximum Gasteiger partial charge on any atom is 0.348 e. The maximum absolute atomic E-state index is 10.6. The van der Waals surface area contributed by atoms with Crippen LogP contribution in [0.25, 0.3) is 0 Å². The van der Waals surface area contributed by atoms with Gasteiger partial charge in [0.2, 0.25) is 5.60 Å². The normalized spacial score (nSPS) is 14.5. The molecule has 0 saturated heterocycles. The molecule has 0 spiro atoms. The lowest BCUT2D eigenvalue weighted by Gasteiger charge is -2.15. The van der Waals surface area contributed by atoms with Crippen LogP contribution < -0.4 is 0 Å². The molecule has 0 radical (unpaired) electrons. The van der Waals surface area contributed by atoms with E-state index in [1.165, 1.54) is 12.1 Å². The van der Waals surface area contributed by atoms with Crippen LogP contribution >= 0.6 is 0 Å². The summed E-state index contributed by atoms with van der Waals surface area (Å²) < 4.78 is 0. The fraction of sp³-hybridized carbons (Fsp3) is 0.111. The minimum Gasteiger partial charge on any atom is -0.479 e. The number of aliphatic hydroxyl groups is 1. The average molecular weight is 180 g/mol. The number of aliphatic carboxylic acids is 1. The fourth-order valence-electron chi connectivity index (χ4n) is 0.934. The highest BCUT2D eigenvalue weighted by Crippen LogP contribution is 2.18. The smallest absolute Gasteiger partial charge is 0.348 e. The number of carboxylic acid groups (broad SMARTS) is 1. The Kier molecular flexibility index (Phi) is 2.44. The lowest BCUT2D eigenvalue weighted by molar-refractivity contribution is -0.161. The molecule has 0 amide bonds. The summed E-state index contributed by atoms with van der Waals surface area (Å²) in [4.78, 5) is 21.0. The summed E-state index contributed by atoms with van der Waals surface area (Å²) >= 11 is 0. The first kappa shape index (κ1) is 9.41. The molecule has 1 rings (SSSR count). The van der Waals surface area contributed by atoms with Gasteiger partial charge < -0.3 is 10.2 Å². The molecule has 68 valence electrons. The third-order valence-electron chi connectivity index (χ3n) is 1.71. The molecule has 1 aromatic carbocycles. The Labute approximate surface area is 74.4 Å². The molecular weight excluding hydrogens is 172 g/mol. The number of benzene rings is 1. The highest BCUT2D eigenvalue weighted by molar-refractivity contribution is 5.96. The SMILES string of the molecule is O=CC(O)(C(=O)O)c1ccccc1. The van der Waals surface area contributed by atoms with Gasteiger partial charge in [0.25, 0.3) is 0 Å². The first-order chi connectivity index (χ1) is 6.11. The molecule has 0 aliphatic carbocycles. The first-order valence-corrected chi connectivity index (χ1v) is 3.59. The second-order valence-electron chi connectivity index (χ2n) is 2.56. The van der Waals surface area contributed by atoms with E-state index in [0.717, 1.165) is 0 Å². The van der Waals surface area contributed by atoms with E-state index in [2.05, 4.69) is 0 Å². The lowest BCUT2D eigenvalue weighted by atomic mass is 9.96. The zero-order valence-corrected chi connectivity index (χ0v) is 6.68. The van der Waals surface area contributed by atoms with Crippen molar-refractivity contribution in [1.29, 1.82) is 0 Å². The highest BCUT2D eigenvalue weighted by Gasteiger charge is 2.37. The summed E-state index contributed by atoms with van der Waals surface area (Å²) in [6, 6.07) is 7.51. The monoisotopic (exact) mass is 180 g/mol. The predicted octanol–water partition coefficient (Wildman–Crippen LogP) is 0.158. The molecule has 13 heavy (non-hydrogen) atoms. The Morgan fingerprint density at radius 3 is 2.23 bits per heavy atom. The van der Waals surface area contributed by atoms with Crippen LogP contribution in [0.1, 0.15) is 5.56 Å². The van der Waals surface area contributed by atoms with Crippen LogP contribution in [-0.4, -0.2) is 22.5 Å². The first-order valence-electron chi connectivity index (χ1n) is 3.59. The van der Waals surface area contributed by atoms with Gasteiger partial charge in [-0.15, -0.1) is 0 Å². The van der Waals surface area contributed by atoms with Gasteiger partial charge in [-0.3, -0.25) is 4.79 Å². The van der Waals surface area contributed by atoms with Gasteiger partial charge in [-0.05, 0) is 0 Å². The number of hydrogen-bond donors (Lipinski definition) is 2. The van der Waals surface area contributed by atoms with Gasteiger partial charge in [0.15, 0.2) is 6.29 Å². The van der Waals surface area contributed by atoms with Crippen molar-refractivity contribution in [2.75, 3.05) is 0 Å². The maximum atomic E-state index is 10.6. The summed E-state index contributed by atoms with van der Waals surface area (Å²) in [5, 5.41) is 18.0. The number of rotatable bonds is 3. The van der Waals surface area contributed by atoms with E-state index in [1.807, 2.05) is 0 Å². The second-order valence-corrected chi connectivity index (χ2v) is 2.56. The lowest BCUT2D eigenvalue weighted by Crippen LogP contribution is -2.37. The molecule has 0 fully saturated rings. The average Bonchev–Trinajstić information content (AvgIpc) is 2.17. The quantitative estimate of drug-likeness (QED) is 0.513. The molecular formula is C9H8O4. The van der Waals surface area contributed by atoms with Gasteiger partial charge in [-0.2, -0.15) is 0 Å². The second kappa shape index (κ2) is 3.37. The summed E-state index contributed by atoms with van der Waals surface area (Å²) in [6.07, 6.45) is 0.00463. The predicted molar refractivity (Wildman–Crippen MR) is 44.0 cm³/mol. The zero-order valence-electron chi connectivity index (χ0n) is 6.68. The van der Waals surface area contributed by atoms with Crippen LogP contribution in [-0.2, 0) is 15.2 Å². The van der Waals surface area contributed by atoms with Crippen LogP contribution in [0.15, 0.2) is 30.3 Å². The van der Waals surface area contributed by atoms with E-state index in [4.69, 9.17) is 5.11 Å². The number of carbonyl (C=O) groups excluding carboxylic acids is 1. The highest BCUT2D eigenvalue weighted by atomic mass is 16.4. The minimum atomic E-state index is -2.43. The third-order valence-corrected chi connectivity index (χ3v) is 1.71. The Balaban J connectivity index is 3.18. The topological polar surface area (TPSA) is 74.6 Å². The van der Waals surface area contributed by atoms with Gasteiger partial charge in [-0.1, -0.05) is 30.3 Å². The Bertz CT molecular complexity index is 320. The van der Waals surface area contributed by atoms with Crippen LogP contribution in [0.2, 0.25) is 0 Å².